The Kier molecular flexibility index (Phi) is 13.6. The van der Waals surface area contributed by atoms with Crippen LogP contribution in [-0.4, -0.2) is 60.8 Å². The largest absolute Gasteiger partial charge is 0.344 e. The molecule has 2 aliphatic heterocycles. The monoisotopic (exact) mass is 831 g/mol. The molecule has 0 aromatic heterocycles. The fourth-order valence-electron chi connectivity index (χ4n) is 8.53. The smallest absolute Gasteiger partial charge is 0.264 e. The van der Waals surface area contributed by atoms with E-state index in [9.17, 15) is 25.9 Å². The minimum Gasteiger partial charge on any atom is -0.344 e. The molecule has 0 saturated heterocycles. The number of fused-ring (bicyclic) bond motifs is 6. The van der Waals surface area contributed by atoms with Gasteiger partial charge in [0.2, 0.25) is 5.69 Å². The summed E-state index contributed by atoms with van der Waals surface area (Å²) in [4.78, 5) is 2.29. The summed E-state index contributed by atoms with van der Waals surface area (Å²) in [6.07, 6.45) is 28.2. The Labute approximate surface area is 350 Å². The molecule has 0 amide bonds. The van der Waals surface area contributed by atoms with Gasteiger partial charge in [-0.2, -0.15) is 21.4 Å². The minimum atomic E-state index is -4.00. The molecule has 0 bridgehead atoms. The van der Waals surface area contributed by atoms with Gasteiger partial charge in [-0.05, 0) is 78.4 Å². The molecule has 6 rings (SSSR count). The lowest BCUT2D eigenvalue weighted by atomic mass is 9.79. The van der Waals surface area contributed by atoms with E-state index in [2.05, 4.69) is 110 Å². The summed E-state index contributed by atoms with van der Waals surface area (Å²) < 4.78 is 66.1. The Morgan fingerprint density at radius 1 is 0.576 bits per heavy atom. The van der Waals surface area contributed by atoms with E-state index in [1.807, 2.05) is 79.0 Å². The molecule has 0 unspecified atom stereocenters. The third-order valence-electron chi connectivity index (χ3n) is 11.2. The fourth-order valence-corrected chi connectivity index (χ4v) is 9.67. The standard InChI is InChI=1S/C49H54N2O6S2/c1-48(2)44(50(34-20-22-36-58(52,53)54)42-32-30-38-24-16-18-26-40(38)46(42)48)28-14-12-10-8-6-5-7-9-11-13-15-29-45-49(3,4)47-41-27-19-17-25-39(41)31-33-43(47)51(45)35-21-23-37-59(55,56)57/h5-19,24-33H,20-23,34-37H2,1-4H3,(H-,52,53,54,55,56,57)/p+1. The van der Waals surface area contributed by atoms with Crippen LogP contribution >= 0.6 is 0 Å². The molecule has 8 nitrogen and oxygen atoms in total. The predicted molar refractivity (Wildman–Crippen MR) is 245 cm³/mol. The van der Waals surface area contributed by atoms with E-state index in [1.165, 1.54) is 32.7 Å². The molecule has 4 aromatic carbocycles. The van der Waals surface area contributed by atoms with Crippen LogP contribution in [0.25, 0.3) is 21.5 Å². The van der Waals surface area contributed by atoms with Crippen LogP contribution in [0.4, 0.5) is 11.4 Å². The molecular formula is C49H55N2O6S2+. The SMILES string of the molecule is CC1(C)C(/C=C/C=C/C=C/C=C/C=C/C=C/C=C2/N(CCCCS(=O)(=O)O)c3ccc4ccccc4c3C2(C)C)=[N+](CCCCS(=O)(=O)O)c2ccc3ccccc3c21. The molecule has 2 heterocycles. The normalized spacial score (nSPS) is 17.6. The number of hydrogen-bond donors (Lipinski definition) is 2. The first-order valence-electron chi connectivity index (χ1n) is 20.2. The summed E-state index contributed by atoms with van der Waals surface area (Å²) >= 11 is 0. The zero-order valence-electron chi connectivity index (χ0n) is 34.3. The highest BCUT2D eigenvalue weighted by molar-refractivity contribution is 7.86. The number of rotatable bonds is 17. The summed E-state index contributed by atoms with van der Waals surface area (Å²) in [7, 11) is -7.99. The van der Waals surface area contributed by atoms with Crippen LogP contribution in [0, 0.1) is 0 Å². The van der Waals surface area contributed by atoms with Crippen LogP contribution in [0.1, 0.15) is 64.5 Å². The lowest BCUT2D eigenvalue weighted by Gasteiger charge is -2.27. The van der Waals surface area contributed by atoms with Gasteiger partial charge in [0.15, 0.2) is 5.71 Å². The van der Waals surface area contributed by atoms with Gasteiger partial charge >= 0.3 is 0 Å². The van der Waals surface area contributed by atoms with Crippen molar-refractivity contribution in [3.05, 3.63) is 169 Å². The van der Waals surface area contributed by atoms with Gasteiger partial charge in [0.25, 0.3) is 20.2 Å². The van der Waals surface area contributed by atoms with E-state index < -0.39 is 20.2 Å². The van der Waals surface area contributed by atoms with Crippen molar-refractivity contribution in [3.8, 4) is 0 Å². The van der Waals surface area contributed by atoms with Gasteiger partial charge in [0.1, 0.15) is 6.54 Å². The van der Waals surface area contributed by atoms with E-state index in [4.69, 9.17) is 0 Å². The highest BCUT2D eigenvalue weighted by Gasteiger charge is 2.45. The maximum atomic E-state index is 11.3. The first kappa shape index (κ1) is 43.4. The molecule has 0 atom stereocenters. The molecule has 59 heavy (non-hydrogen) atoms. The van der Waals surface area contributed by atoms with Gasteiger partial charge in [0.05, 0.1) is 16.9 Å². The Bertz CT molecular complexity index is 2680. The van der Waals surface area contributed by atoms with Crippen molar-refractivity contribution in [1.82, 2.24) is 0 Å². The van der Waals surface area contributed by atoms with Crippen LogP contribution in [0.15, 0.2) is 157 Å². The molecule has 4 aromatic rings. The van der Waals surface area contributed by atoms with Crippen molar-refractivity contribution in [2.45, 2.75) is 64.2 Å². The molecule has 10 heteroatoms. The van der Waals surface area contributed by atoms with Crippen LogP contribution in [0.5, 0.6) is 0 Å². The second kappa shape index (κ2) is 18.4. The molecule has 0 spiro atoms. The lowest BCUT2D eigenvalue weighted by molar-refractivity contribution is -0.438. The summed E-state index contributed by atoms with van der Waals surface area (Å²) in [5.41, 5.74) is 6.49. The van der Waals surface area contributed by atoms with Gasteiger partial charge in [-0.15, -0.1) is 0 Å². The van der Waals surface area contributed by atoms with E-state index in [1.54, 1.807) is 0 Å². The van der Waals surface area contributed by atoms with Crippen LogP contribution < -0.4 is 4.90 Å². The number of benzene rings is 4. The highest BCUT2D eigenvalue weighted by atomic mass is 32.2. The number of allylic oxidation sites excluding steroid dienone is 14. The molecule has 0 fully saturated rings. The first-order chi connectivity index (χ1) is 28.1. The van der Waals surface area contributed by atoms with Gasteiger partial charge in [-0.3, -0.25) is 9.11 Å². The molecule has 2 N–H and O–H groups in total. The average Bonchev–Trinajstić information content (AvgIpc) is 3.54. The topological polar surface area (TPSA) is 115 Å². The molecular weight excluding hydrogens is 777 g/mol. The van der Waals surface area contributed by atoms with Crippen LogP contribution in [-0.2, 0) is 31.1 Å². The third kappa shape index (κ3) is 10.4. The summed E-state index contributed by atoms with van der Waals surface area (Å²) in [5, 5.41) is 4.79. The maximum absolute atomic E-state index is 11.3. The summed E-state index contributed by atoms with van der Waals surface area (Å²) in [5.74, 6) is -0.487. The maximum Gasteiger partial charge on any atom is 0.264 e. The molecule has 0 saturated carbocycles. The van der Waals surface area contributed by atoms with E-state index >= 15 is 0 Å². The molecule has 2 aliphatic rings. The zero-order chi connectivity index (χ0) is 42.3. The molecule has 0 aliphatic carbocycles. The van der Waals surface area contributed by atoms with Crippen molar-refractivity contribution in [1.29, 1.82) is 0 Å². The number of unbranched alkanes of at least 4 members (excludes halogenated alkanes) is 2. The second-order valence-corrected chi connectivity index (χ2v) is 19.3. The number of nitrogens with zero attached hydrogens (tertiary/aromatic N) is 2. The van der Waals surface area contributed by atoms with Crippen molar-refractivity contribution in [2.75, 3.05) is 29.5 Å². The van der Waals surface area contributed by atoms with Gasteiger partial charge in [-0.25, -0.2) is 0 Å². The second-order valence-electron chi connectivity index (χ2n) is 16.1. The quantitative estimate of drug-likeness (QED) is 0.0471. The van der Waals surface area contributed by atoms with Crippen LogP contribution in [0.2, 0.25) is 0 Å². The van der Waals surface area contributed by atoms with Crippen molar-refractivity contribution < 1.29 is 30.5 Å². The molecule has 0 radical (unpaired) electrons. The Balaban J connectivity index is 1.09. The Morgan fingerprint density at radius 3 is 1.68 bits per heavy atom. The predicted octanol–water partition coefficient (Wildman–Crippen LogP) is 10.7. The van der Waals surface area contributed by atoms with Crippen LogP contribution in [0.3, 0.4) is 0 Å². The van der Waals surface area contributed by atoms with E-state index in [-0.39, 0.29) is 22.3 Å². The Hall–Kier alpha value is -5.13. The third-order valence-corrected chi connectivity index (χ3v) is 12.8. The van der Waals surface area contributed by atoms with Crippen molar-refractivity contribution >= 4 is 58.9 Å². The molecule has 308 valence electrons. The van der Waals surface area contributed by atoms with E-state index in [0.717, 1.165) is 22.8 Å². The van der Waals surface area contributed by atoms with Crippen molar-refractivity contribution in [3.63, 3.8) is 0 Å². The number of hydrogen-bond acceptors (Lipinski definition) is 5. The minimum absolute atomic E-state index is 0.243. The Morgan fingerprint density at radius 2 is 1.08 bits per heavy atom. The first-order valence-corrected chi connectivity index (χ1v) is 23.4. The lowest BCUT2D eigenvalue weighted by Crippen LogP contribution is -2.28. The van der Waals surface area contributed by atoms with Gasteiger partial charge in [0, 0.05) is 47.5 Å². The van der Waals surface area contributed by atoms with Gasteiger partial charge < -0.3 is 4.90 Å². The number of anilines is 1. The zero-order valence-corrected chi connectivity index (χ0v) is 36.0. The van der Waals surface area contributed by atoms with Crippen molar-refractivity contribution in [2.24, 2.45) is 0 Å². The van der Waals surface area contributed by atoms with E-state index in [0.29, 0.717) is 38.8 Å². The fraction of sp³-hybridized carbons (Fsp3) is 0.286. The highest BCUT2D eigenvalue weighted by Crippen LogP contribution is 2.51. The summed E-state index contributed by atoms with van der Waals surface area (Å²) in [6.45, 7) is 10.2. The van der Waals surface area contributed by atoms with Gasteiger partial charge in [-0.1, -0.05) is 135 Å². The summed E-state index contributed by atoms with van der Waals surface area (Å²) in [6, 6.07) is 25.4. The average molecular weight is 832 g/mol.